The predicted molar refractivity (Wildman–Crippen MR) is 97.3 cm³/mol. The van der Waals surface area contributed by atoms with E-state index in [0.29, 0.717) is 24.2 Å². The van der Waals surface area contributed by atoms with E-state index >= 15 is 0 Å². The molecule has 2 aromatic heterocycles. The van der Waals surface area contributed by atoms with Crippen LogP contribution in [0.25, 0.3) is 0 Å². The molecule has 2 heterocycles. The third kappa shape index (κ3) is 4.73. The summed E-state index contributed by atoms with van der Waals surface area (Å²) in [5.74, 6) is -0.410. The zero-order chi connectivity index (χ0) is 18.2. The van der Waals surface area contributed by atoms with Gasteiger partial charge in [-0.2, -0.15) is 0 Å². The largest absolute Gasteiger partial charge is 0.348 e. The van der Waals surface area contributed by atoms with Crippen molar-refractivity contribution in [3.05, 3.63) is 95.6 Å². The monoisotopic (exact) mass is 346 g/mol. The summed E-state index contributed by atoms with van der Waals surface area (Å²) in [6, 6.07) is 15.8. The van der Waals surface area contributed by atoms with Gasteiger partial charge in [0, 0.05) is 36.3 Å². The highest BCUT2D eigenvalue weighted by atomic mass is 16.2. The summed E-state index contributed by atoms with van der Waals surface area (Å²) in [7, 11) is 0. The van der Waals surface area contributed by atoms with Crippen molar-refractivity contribution in [3.63, 3.8) is 0 Å². The van der Waals surface area contributed by atoms with E-state index in [4.69, 9.17) is 0 Å². The Labute approximate surface area is 151 Å². The quantitative estimate of drug-likeness (QED) is 0.717. The Balaban J connectivity index is 1.53. The fraction of sp³-hybridized carbons (Fsp3) is 0.100. The maximum atomic E-state index is 12.2. The lowest BCUT2D eigenvalue weighted by molar-refractivity contribution is 0.0939. The highest BCUT2D eigenvalue weighted by molar-refractivity contribution is 5.97. The molecular weight excluding hydrogens is 328 g/mol. The van der Waals surface area contributed by atoms with Crippen LogP contribution in [0.5, 0.6) is 0 Å². The minimum atomic E-state index is -0.210. The summed E-state index contributed by atoms with van der Waals surface area (Å²) in [5.41, 5.74) is 2.69. The second-order valence-electron chi connectivity index (χ2n) is 5.63. The van der Waals surface area contributed by atoms with E-state index < -0.39 is 0 Å². The number of aromatic nitrogens is 2. The number of nitrogens with one attached hydrogen (secondary N) is 2. The lowest BCUT2D eigenvalue weighted by Crippen LogP contribution is -2.24. The van der Waals surface area contributed by atoms with Gasteiger partial charge in [0.05, 0.1) is 12.2 Å². The van der Waals surface area contributed by atoms with Crippen molar-refractivity contribution in [2.75, 3.05) is 0 Å². The zero-order valence-corrected chi connectivity index (χ0v) is 14.1. The van der Waals surface area contributed by atoms with Crippen molar-refractivity contribution in [1.82, 2.24) is 20.6 Å². The first kappa shape index (κ1) is 17.3. The van der Waals surface area contributed by atoms with E-state index in [1.807, 2.05) is 30.3 Å². The Bertz CT molecular complexity index is 791. The smallest absolute Gasteiger partial charge is 0.251 e. The molecule has 0 spiro atoms. The van der Waals surface area contributed by atoms with E-state index in [9.17, 15) is 9.59 Å². The predicted octanol–water partition coefficient (Wildman–Crippen LogP) is 2.34. The number of amides is 2. The van der Waals surface area contributed by atoms with Crippen molar-refractivity contribution in [3.8, 4) is 0 Å². The van der Waals surface area contributed by atoms with Crippen LogP contribution in [0, 0.1) is 0 Å². The number of pyridine rings is 2. The van der Waals surface area contributed by atoms with E-state index in [1.54, 1.807) is 42.9 Å². The van der Waals surface area contributed by atoms with Gasteiger partial charge in [0.15, 0.2) is 0 Å². The highest BCUT2D eigenvalue weighted by Crippen LogP contribution is 2.06. The summed E-state index contributed by atoms with van der Waals surface area (Å²) in [6.07, 6.45) is 5.07. The van der Waals surface area contributed by atoms with Crippen molar-refractivity contribution in [2.45, 2.75) is 13.1 Å². The molecule has 0 bridgehead atoms. The molecule has 130 valence electrons. The molecule has 26 heavy (non-hydrogen) atoms. The molecule has 0 aliphatic heterocycles. The van der Waals surface area contributed by atoms with Crippen LogP contribution in [-0.2, 0) is 13.1 Å². The van der Waals surface area contributed by atoms with Crippen LogP contribution in [-0.4, -0.2) is 21.8 Å². The van der Waals surface area contributed by atoms with Crippen molar-refractivity contribution < 1.29 is 9.59 Å². The Morgan fingerprint density at radius 1 is 0.769 bits per heavy atom. The molecule has 2 amide bonds. The first-order chi connectivity index (χ1) is 12.7. The van der Waals surface area contributed by atoms with Gasteiger partial charge >= 0.3 is 0 Å². The highest BCUT2D eigenvalue weighted by Gasteiger charge is 2.09. The number of hydrogen-bond acceptors (Lipinski definition) is 4. The van der Waals surface area contributed by atoms with Gasteiger partial charge in [-0.05, 0) is 48.0 Å². The fourth-order valence-electron chi connectivity index (χ4n) is 2.34. The molecular formula is C20H18N4O2. The summed E-state index contributed by atoms with van der Waals surface area (Å²) in [4.78, 5) is 32.5. The molecule has 0 unspecified atom stereocenters. The van der Waals surface area contributed by atoms with Crippen LogP contribution >= 0.6 is 0 Å². The van der Waals surface area contributed by atoms with Crippen molar-refractivity contribution >= 4 is 11.8 Å². The number of rotatable bonds is 6. The van der Waals surface area contributed by atoms with Crippen LogP contribution < -0.4 is 10.6 Å². The number of carbonyl (C=O) groups excluding carboxylic acids is 2. The summed E-state index contributed by atoms with van der Waals surface area (Å²) < 4.78 is 0. The zero-order valence-electron chi connectivity index (χ0n) is 14.1. The van der Waals surface area contributed by atoms with Gasteiger partial charge < -0.3 is 10.6 Å². The molecule has 3 aromatic rings. The molecule has 0 atom stereocenters. The lowest BCUT2D eigenvalue weighted by Gasteiger charge is -2.07. The van der Waals surface area contributed by atoms with Gasteiger partial charge in [0.25, 0.3) is 11.8 Å². The number of hydrogen-bond donors (Lipinski definition) is 2. The minimum Gasteiger partial charge on any atom is -0.348 e. The molecule has 6 nitrogen and oxygen atoms in total. The van der Waals surface area contributed by atoms with Crippen LogP contribution in [0.2, 0.25) is 0 Å². The fourth-order valence-corrected chi connectivity index (χ4v) is 2.34. The molecule has 6 heteroatoms. The topological polar surface area (TPSA) is 84.0 Å². The van der Waals surface area contributed by atoms with Crippen LogP contribution in [0.1, 0.15) is 32.0 Å². The molecule has 3 rings (SSSR count). The molecule has 0 aliphatic carbocycles. The third-order valence-corrected chi connectivity index (χ3v) is 3.74. The molecule has 0 fully saturated rings. The SMILES string of the molecule is O=C(NCc1cccnc1)c1ccc(C(=O)NCc2ccccn2)cc1. The number of carbonyl (C=O) groups is 2. The molecule has 2 N–H and O–H groups in total. The Morgan fingerprint density at radius 2 is 1.46 bits per heavy atom. The molecule has 0 aliphatic rings. The van der Waals surface area contributed by atoms with Gasteiger partial charge in [-0.1, -0.05) is 12.1 Å². The van der Waals surface area contributed by atoms with Gasteiger partial charge in [-0.3, -0.25) is 19.6 Å². The second kappa shape index (κ2) is 8.53. The maximum Gasteiger partial charge on any atom is 0.251 e. The van der Waals surface area contributed by atoms with E-state index in [-0.39, 0.29) is 11.8 Å². The molecule has 0 radical (unpaired) electrons. The second-order valence-corrected chi connectivity index (χ2v) is 5.63. The van der Waals surface area contributed by atoms with Crippen LogP contribution in [0.4, 0.5) is 0 Å². The van der Waals surface area contributed by atoms with Crippen LogP contribution in [0.15, 0.2) is 73.2 Å². The number of benzene rings is 1. The van der Waals surface area contributed by atoms with Gasteiger partial charge in [0.2, 0.25) is 0 Å². The lowest BCUT2D eigenvalue weighted by atomic mass is 10.1. The Morgan fingerprint density at radius 3 is 2.04 bits per heavy atom. The van der Waals surface area contributed by atoms with E-state index in [2.05, 4.69) is 20.6 Å². The standard InChI is InChI=1S/C20H18N4O2/c25-19(23-13-15-4-3-10-21-12-15)16-6-8-17(9-7-16)20(26)24-14-18-5-1-2-11-22-18/h1-12H,13-14H2,(H,23,25)(H,24,26). The van der Waals surface area contributed by atoms with Gasteiger partial charge in [-0.25, -0.2) is 0 Å². The van der Waals surface area contributed by atoms with Gasteiger partial charge in [-0.15, -0.1) is 0 Å². The normalized spacial score (nSPS) is 10.2. The van der Waals surface area contributed by atoms with Gasteiger partial charge in [0.1, 0.15) is 0 Å². The Hall–Kier alpha value is -3.54. The van der Waals surface area contributed by atoms with Crippen LogP contribution in [0.3, 0.4) is 0 Å². The van der Waals surface area contributed by atoms with E-state index in [1.165, 1.54) is 0 Å². The number of nitrogens with zero attached hydrogens (tertiary/aromatic N) is 2. The first-order valence-electron chi connectivity index (χ1n) is 8.17. The van der Waals surface area contributed by atoms with Crippen molar-refractivity contribution in [1.29, 1.82) is 0 Å². The summed E-state index contributed by atoms with van der Waals surface area (Å²) in [5, 5.41) is 5.62. The average Bonchev–Trinajstić information content (AvgIpc) is 2.72. The molecule has 0 saturated carbocycles. The Kier molecular flexibility index (Phi) is 5.67. The molecule has 0 saturated heterocycles. The minimum absolute atomic E-state index is 0.200. The summed E-state index contributed by atoms with van der Waals surface area (Å²) >= 11 is 0. The van der Waals surface area contributed by atoms with E-state index in [0.717, 1.165) is 11.3 Å². The third-order valence-electron chi connectivity index (χ3n) is 3.74. The summed E-state index contributed by atoms with van der Waals surface area (Å²) in [6.45, 7) is 0.756. The first-order valence-corrected chi connectivity index (χ1v) is 8.17. The van der Waals surface area contributed by atoms with Crippen molar-refractivity contribution in [2.24, 2.45) is 0 Å². The molecule has 1 aromatic carbocycles. The maximum absolute atomic E-state index is 12.2. The average molecular weight is 346 g/mol.